The lowest BCUT2D eigenvalue weighted by Crippen LogP contribution is -2.36. The molecule has 0 spiro atoms. The highest BCUT2D eigenvalue weighted by Gasteiger charge is 2.50. The quantitative estimate of drug-likeness (QED) is 0.881. The van der Waals surface area contributed by atoms with Crippen LogP contribution in [-0.4, -0.2) is 17.3 Å². The average molecular weight is 298 g/mol. The molecule has 0 aliphatic heterocycles. The second-order valence-corrected chi connectivity index (χ2v) is 6.91. The Bertz CT molecular complexity index is 716. The fraction of sp³-hybridized carbons (Fsp3) is 0.368. The number of hydrogen-bond donors (Lipinski definition) is 2. The van der Waals surface area contributed by atoms with E-state index in [9.17, 15) is 10.2 Å². The maximum absolute atomic E-state index is 10.2. The molecule has 3 rings (SSSR count). The van der Waals surface area contributed by atoms with Gasteiger partial charge in [0.05, 0.1) is 7.11 Å². The minimum absolute atomic E-state index is 0.00882. The van der Waals surface area contributed by atoms with Gasteiger partial charge in [0.1, 0.15) is 5.75 Å². The van der Waals surface area contributed by atoms with Crippen molar-refractivity contribution in [3.63, 3.8) is 0 Å². The van der Waals surface area contributed by atoms with Crippen molar-refractivity contribution in [1.82, 2.24) is 0 Å². The number of methoxy groups -OCH3 is 1. The van der Waals surface area contributed by atoms with E-state index in [0.717, 1.165) is 17.5 Å². The molecule has 0 radical (unpaired) electrons. The first-order chi connectivity index (χ1) is 10.3. The predicted molar refractivity (Wildman–Crippen MR) is 86.7 cm³/mol. The van der Waals surface area contributed by atoms with Gasteiger partial charge < -0.3 is 14.9 Å². The number of rotatable bonds is 2. The standard InChI is InChI=1S/C19H22O3/c1-18(2)11-12-9-17(22-4)16(21)10-15(12)19(18,3)13-5-7-14(20)8-6-13/h5-10,20-21H,11H2,1-4H3. The minimum Gasteiger partial charge on any atom is -0.508 e. The van der Waals surface area contributed by atoms with Crippen LogP contribution < -0.4 is 4.74 Å². The van der Waals surface area contributed by atoms with Crippen molar-refractivity contribution in [3.05, 3.63) is 53.1 Å². The first-order valence-corrected chi connectivity index (χ1v) is 7.49. The first kappa shape index (κ1) is 14.8. The van der Waals surface area contributed by atoms with E-state index < -0.39 is 0 Å². The largest absolute Gasteiger partial charge is 0.508 e. The molecule has 0 heterocycles. The molecule has 2 N–H and O–H groups in total. The number of ether oxygens (including phenoxy) is 1. The van der Waals surface area contributed by atoms with E-state index in [4.69, 9.17) is 4.74 Å². The van der Waals surface area contributed by atoms with E-state index >= 15 is 0 Å². The molecule has 1 atom stereocenters. The molecule has 1 unspecified atom stereocenters. The summed E-state index contributed by atoms with van der Waals surface area (Å²) in [6.07, 6.45) is 0.913. The first-order valence-electron chi connectivity index (χ1n) is 7.49. The van der Waals surface area contributed by atoms with Crippen molar-refractivity contribution >= 4 is 0 Å². The van der Waals surface area contributed by atoms with Crippen LogP contribution in [0.15, 0.2) is 36.4 Å². The molecule has 116 valence electrons. The minimum atomic E-state index is -0.236. The monoisotopic (exact) mass is 298 g/mol. The Kier molecular flexibility index (Phi) is 3.13. The van der Waals surface area contributed by atoms with Gasteiger partial charge in [-0.1, -0.05) is 32.9 Å². The highest BCUT2D eigenvalue weighted by molar-refractivity contribution is 5.57. The molecule has 0 bridgehead atoms. The predicted octanol–water partition coefficient (Wildman–Crippen LogP) is 3.99. The highest BCUT2D eigenvalue weighted by Crippen LogP contribution is 2.56. The van der Waals surface area contributed by atoms with Gasteiger partial charge in [0.25, 0.3) is 0 Å². The van der Waals surface area contributed by atoms with Gasteiger partial charge in [-0.05, 0) is 52.8 Å². The van der Waals surface area contributed by atoms with Gasteiger partial charge in [0.15, 0.2) is 11.5 Å². The van der Waals surface area contributed by atoms with Crippen molar-refractivity contribution in [2.75, 3.05) is 7.11 Å². The summed E-state index contributed by atoms with van der Waals surface area (Å²) in [5.74, 6) is 0.953. The van der Waals surface area contributed by atoms with Crippen molar-refractivity contribution in [2.45, 2.75) is 32.6 Å². The van der Waals surface area contributed by atoms with E-state index in [-0.39, 0.29) is 22.3 Å². The Morgan fingerprint density at radius 1 is 1.00 bits per heavy atom. The normalized spacial score (nSPS) is 22.4. The lowest BCUT2D eigenvalue weighted by molar-refractivity contribution is 0.247. The molecule has 0 aromatic heterocycles. The molecule has 22 heavy (non-hydrogen) atoms. The fourth-order valence-electron chi connectivity index (χ4n) is 3.74. The molecule has 0 fully saturated rings. The molecule has 1 aliphatic carbocycles. The van der Waals surface area contributed by atoms with E-state index in [1.54, 1.807) is 19.2 Å². The third-order valence-electron chi connectivity index (χ3n) is 5.37. The maximum atomic E-state index is 10.2. The van der Waals surface area contributed by atoms with Gasteiger partial charge in [-0.15, -0.1) is 0 Å². The number of phenols is 2. The Morgan fingerprint density at radius 2 is 1.64 bits per heavy atom. The van der Waals surface area contributed by atoms with Crippen LogP contribution in [0.2, 0.25) is 0 Å². The zero-order valence-electron chi connectivity index (χ0n) is 13.5. The summed E-state index contributed by atoms with van der Waals surface area (Å²) in [4.78, 5) is 0. The van der Waals surface area contributed by atoms with Crippen LogP contribution in [0.5, 0.6) is 17.2 Å². The summed E-state index contributed by atoms with van der Waals surface area (Å²) >= 11 is 0. The Labute approximate surface area is 131 Å². The molecular weight excluding hydrogens is 276 g/mol. The van der Waals surface area contributed by atoms with E-state index in [2.05, 4.69) is 20.8 Å². The number of fused-ring (bicyclic) bond motifs is 1. The molecule has 3 nitrogen and oxygen atoms in total. The van der Waals surface area contributed by atoms with Crippen LogP contribution in [0.4, 0.5) is 0 Å². The summed E-state index contributed by atoms with van der Waals surface area (Å²) in [7, 11) is 1.57. The van der Waals surface area contributed by atoms with E-state index in [1.165, 1.54) is 5.56 Å². The molecule has 2 aromatic rings. The third kappa shape index (κ3) is 1.88. The SMILES string of the molecule is COc1cc2c(cc1O)C(C)(c1ccc(O)cc1)C(C)(C)C2. The van der Waals surface area contributed by atoms with Crippen LogP contribution in [0.25, 0.3) is 0 Å². The zero-order valence-corrected chi connectivity index (χ0v) is 13.5. The molecular formula is C19H22O3. The van der Waals surface area contributed by atoms with Gasteiger partial charge in [-0.3, -0.25) is 0 Å². The fourth-order valence-corrected chi connectivity index (χ4v) is 3.74. The topological polar surface area (TPSA) is 49.7 Å². The van der Waals surface area contributed by atoms with E-state index in [0.29, 0.717) is 5.75 Å². The van der Waals surface area contributed by atoms with Crippen molar-refractivity contribution in [2.24, 2.45) is 5.41 Å². The number of phenolic OH excluding ortho intramolecular Hbond substituents is 2. The summed E-state index contributed by atoms with van der Waals surface area (Å²) in [6.45, 7) is 6.68. The summed E-state index contributed by atoms with van der Waals surface area (Å²) in [5.41, 5.74) is 3.22. The average Bonchev–Trinajstić information content (AvgIpc) is 2.67. The number of aromatic hydroxyl groups is 2. The molecule has 0 amide bonds. The zero-order chi connectivity index (χ0) is 16.1. The molecule has 2 aromatic carbocycles. The van der Waals surface area contributed by atoms with Crippen LogP contribution >= 0.6 is 0 Å². The van der Waals surface area contributed by atoms with Crippen molar-refractivity contribution < 1.29 is 14.9 Å². The van der Waals surface area contributed by atoms with Gasteiger partial charge in [-0.2, -0.15) is 0 Å². The molecule has 0 saturated heterocycles. The molecule has 1 aliphatic rings. The lowest BCUT2D eigenvalue weighted by atomic mass is 9.63. The smallest absolute Gasteiger partial charge is 0.160 e. The molecule has 3 heteroatoms. The Morgan fingerprint density at radius 3 is 2.23 bits per heavy atom. The summed E-state index contributed by atoms with van der Waals surface area (Å²) < 4.78 is 5.24. The Balaban J connectivity index is 2.24. The van der Waals surface area contributed by atoms with Crippen LogP contribution in [0, 0.1) is 5.41 Å². The maximum Gasteiger partial charge on any atom is 0.160 e. The highest BCUT2D eigenvalue weighted by atomic mass is 16.5. The van der Waals surface area contributed by atoms with Gasteiger partial charge in [0.2, 0.25) is 0 Å². The van der Waals surface area contributed by atoms with Crippen molar-refractivity contribution in [3.8, 4) is 17.2 Å². The van der Waals surface area contributed by atoms with Crippen molar-refractivity contribution in [1.29, 1.82) is 0 Å². The van der Waals surface area contributed by atoms with Gasteiger partial charge in [0, 0.05) is 5.41 Å². The lowest BCUT2D eigenvalue weighted by Gasteiger charge is -2.40. The number of benzene rings is 2. The molecule has 0 saturated carbocycles. The Hall–Kier alpha value is -2.16. The van der Waals surface area contributed by atoms with Gasteiger partial charge in [-0.25, -0.2) is 0 Å². The van der Waals surface area contributed by atoms with E-state index in [1.807, 2.05) is 24.3 Å². The van der Waals surface area contributed by atoms with Crippen LogP contribution in [0.3, 0.4) is 0 Å². The second kappa shape index (κ2) is 4.67. The third-order valence-corrected chi connectivity index (χ3v) is 5.37. The van der Waals surface area contributed by atoms with Crippen LogP contribution in [0.1, 0.15) is 37.5 Å². The summed E-state index contributed by atoms with van der Waals surface area (Å²) in [6, 6.07) is 11.1. The second-order valence-electron chi connectivity index (χ2n) is 6.91. The number of hydrogen-bond acceptors (Lipinski definition) is 3. The summed E-state index contributed by atoms with van der Waals surface area (Å²) in [5, 5.41) is 19.8. The van der Waals surface area contributed by atoms with Crippen LogP contribution in [-0.2, 0) is 11.8 Å². The van der Waals surface area contributed by atoms with Gasteiger partial charge >= 0.3 is 0 Å².